The highest BCUT2D eigenvalue weighted by Gasteiger charge is 2.47. The van der Waals surface area contributed by atoms with E-state index in [2.05, 4.69) is 5.32 Å². The van der Waals surface area contributed by atoms with Crippen LogP contribution in [0.1, 0.15) is 51.7 Å². The molecule has 0 bridgehead atoms. The van der Waals surface area contributed by atoms with Crippen molar-refractivity contribution in [3.05, 3.63) is 34.3 Å². The lowest BCUT2D eigenvalue weighted by Crippen LogP contribution is -2.60. The van der Waals surface area contributed by atoms with Gasteiger partial charge in [0.1, 0.15) is 5.54 Å². The Morgan fingerprint density at radius 3 is 2.59 bits per heavy atom. The number of carbonyl (C=O) groups excluding carboxylic acids is 2. The Morgan fingerprint density at radius 2 is 2.00 bits per heavy atom. The smallest absolute Gasteiger partial charge is 0.245 e. The summed E-state index contributed by atoms with van der Waals surface area (Å²) in [7, 11) is 0. The van der Waals surface area contributed by atoms with Gasteiger partial charge in [0.25, 0.3) is 0 Å². The minimum absolute atomic E-state index is 0.178. The van der Waals surface area contributed by atoms with Crippen molar-refractivity contribution in [2.75, 3.05) is 6.54 Å². The number of nitrogens with two attached hydrogens (primary N) is 2. The van der Waals surface area contributed by atoms with Crippen molar-refractivity contribution in [3.8, 4) is 0 Å². The van der Waals surface area contributed by atoms with Crippen molar-refractivity contribution in [1.29, 1.82) is 0 Å². The Labute approximate surface area is 166 Å². The molecule has 7 heteroatoms. The maximum atomic E-state index is 13.0. The zero-order valence-electron chi connectivity index (χ0n) is 16.6. The van der Waals surface area contributed by atoms with Crippen LogP contribution in [0.3, 0.4) is 0 Å². The van der Waals surface area contributed by atoms with Crippen LogP contribution in [0.2, 0.25) is 5.02 Å². The molecule has 0 aliphatic carbocycles. The highest BCUT2D eigenvalue weighted by atomic mass is 35.5. The first-order valence-electron chi connectivity index (χ1n) is 9.33. The van der Waals surface area contributed by atoms with Gasteiger partial charge in [0.15, 0.2) is 0 Å². The van der Waals surface area contributed by atoms with E-state index >= 15 is 0 Å². The Balaban J connectivity index is 2.14. The van der Waals surface area contributed by atoms with Crippen LogP contribution in [0.15, 0.2) is 18.2 Å². The molecule has 6 nitrogen and oxygen atoms in total. The number of hydrogen-bond donors (Lipinski definition) is 3. The van der Waals surface area contributed by atoms with Crippen LogP contribution in [0, 0.1) is 5.41 Å². The van der Waals surface area contributed by atoms with E-state index in [-0.39, 0.29) is 17.2 Å². The summed E-state index contributed by atoms with van der Waals surface area (Å²) in [5.41, 5.74) is 12.5. The molecular formula is C20H31ClN4O2. The van der Waals surface area contributed by atoms with Crippen molar-refractivity contribution in [1.82, 2.24) is 10.2 Å². The molecule has 1 heterocycles. The van der Waals surface area contributed by atoms with Crippen LogP contribution < -0.4 is 16.8 Å². The van der Waals surface area contributed by atoms with E-state index in [9.17, 15) is 9.59 Å². The number of nitrogens with one attached hydrogen (secondary N) is 1. The molecule has 1 aliphatic heterocycles. The molecule has 0 spiro atoms. The molecule has 0 radical (unpaired) electrons. The average Bonchev–Trinajstić information content (AvgIpc) is 3.00. The van der Waals surface area contributed by atoms with Gasteiger partial charge in [-0.3, -0.25) is 9.59 Å². The van der Waals surface area contributed by atoms with Gasteiger partial charge < -0.3 is 21.7 Å². The normalized spacial score (nSPS) is 21.2. The molecule has 2 unspecified atom stereocenters. The standard InChI is InChI=1S/C20H31ClN4O2/c1-19(2,3)16(23)17(26)25-9-5-8-20(25,4)18(27)24-12-14-10-15(21)7-6-13(14)11-22/h6-7,10,16H,5,8-9,11-12,22-23H2,1-4H3,(H,24,27). The number of likely N-dealkylation sites (tertiary alicyclic amines) is 1. The maximum absolute atomic E-state index is 13.0. The number of benzene rings is 1. The van der Waals surface area contributed by atoms with Crippen molar-refractivity contribution in [3.63, 3.8) is 0 Å². The molecule has 2 rings (SSSR count). The van der Waals surface area contributed by atoms with Crippen LogP contribution >= 0.6 is 11.6 Å². The molecule has 1 saturated heterocycles. The Morgan fingerprint density at radius 1 is 1.33 bits per heavy atom. The fourth-order valence-electron chi connectivity index (χ4n) is 3.42. The Kier molecular flexibility index (Phi) is 6.55. The number of rotatable bonds is 5. The van der Waals surface area contributed by atoms with Gasteiger partial charge in [-0.05, 0) is 48.4 Å². The summed E-state index contributed by atoms with van der Waals surface area (Å²) >= 11 is 6.07. The highest BCUT2D eigenvalue weighted by Crippen LogP contribution is 2.32. The van der Waals surface area contributed by atoms with Crippen LogP contribution in [-0.4, -0.2) is 34.8 Å². The van der Waals surface area contributed by atoms with Crippen LogP contribution in [0.5, 0.6) is 0 Å². The Hall–Kier alpha value is -1.63. The predicted octanol–water partition coefficient (Wildman–Crippen LogP) is 2.17. The second kappa shape index (κ2) is 8.17. The lowest BCUT2D eigenvalue weighted by Gasteiger charge is -2.38. The van der Waals surface area contributed by atoms with E-state index in [1.165, 1.54) is 0 Å². The lowest BCUT2D eigenvalue weighted by atomic mass is 9.85. The number of carbonyl (C=O) groups is 2. The van der Waals surface area contributed by atoms with Crippen LogP contribution in [0.4, 0.5) is 0 Å². The topological polar surface area (TPSA) is 101 Å². The summed E-state index contributed by atoms with van der Waals surface area (Å²) in [6.45, 7) is 8.81. The zero-order chi connectivity index (χ0) is 20.4. The number of amides is 2. The highest BCUT2D eigenvalue weighted by molar-refractivity contribution is 6.30. The van der Waals surface area contributed by atoms with Crippen LogP contribution in [0.25, 0.3) is 0 Å². The van der Waals surface area contributed by atoms with Crippen LogP contribution in [-0.2, 0) is 22.7 Å². The molecule has 0 aromatic heterocycles. The van der Waals surface area contributed by atoms with Gasteiger partial charge in [-0.2, -0.15) is 0 Å². The first kappa shape index (κ1) is 21.7. The maximum Gasteiger partial charge on any atom is 0.245 e. The first-order valence-corrected chi connectivity index (χ1v) is 9.71. The monoisotopic (exact) mass is 394 g/mol. The third kappa shape index (κ3) is 4.62. The quantitative estimate of drug-likeness (QED) is 0.712. The average molecular weight is 395 g/mol. The van der Waals surface area contributed by atoms with E-state index in [0.717, 1.165) is 17.5 Å². The van der Waals surface area contributed by atoms with Gasteiger partial charge >= 0.3 is 0 Å². The summed E-state index contributed by atoms with van der Waals surface area (Å²) in [5.74, 6) is -0.361. The van der Waals surface area contributed by atoms with E-state index in [1.807, 2.05) is 33.8 Å². The second-order valence-electron chi connectivity index (χ2n) is 8.51. The van der Waals surface area contributed by atoms with Crippen molar-refractivity contribution in [2.45, 2.75) is 65.2 Å². The minimum atomic E-state index is -0.901. The van der Waals surface area contributed by atoms with E-state index in [1.54, 1.807) is 17.0 Å². The molecule has 5 N–H and O–H groups in total. The van der Waals surface area contributed by atoms with Gasteiger partial charge in [-0.1, -0.05) is 38.4 Å². The molecule has 150 valence electrons. The van der Waals surface area contributed by atoms with Crippen molar-refractivity contribution >= 4 is 23.4 Å². The second-order valence-corrected chi connectivity index (χ2v) is 8.95. The molecule has 2 amide bonds. The lowest BCUT2D eigenvalue weighted by molar-refractivity contribution is -0.146. The molecule has 1 fully saturated rings. The van der Waals surface area contributed by atoms with Gasteiger partial charge in [0, 0.05) is 24.7 Å². The summed E-state index contributed by atoms with van der Waals surface area (Å²) in [6, 6.07) is 4.79. The van der Waals surface area contributed by atoms with Crippen molar-refractivity contribution < 1.29 is 9.59 Å². The number of hydrogen-bond acceptors (Lipinski definition) is 4. The molecule has 1 aromatic carbocycles. The van der Waals surface area contributed by atoms with Gasteiger partial charge in [0.2, 0.25) is 11.8 Å². The summed E-state index contributed by atoms with van der Waals surface area (Å²) in [5, 5.41) is 3.55. The third-order valence-electron chi connectivity index (χ3n) is 5.42. The zero-order valence-corrected chi connectivity index (χ0v) is 17.4. The SMILES string of the molecule is CC(C)(C)C(N)C(=O)N1CCCC1(C)C(=O)NCc1cc(Cl)ccc1CN. The first-order chi connectivity index (χ1) is 12.5. The van der Waals surface area contributed by atoms with Gasteiger partial charge in [-0.15, -0.1) is 0 Å². The molecular weight excluding hydrogens is 364 g/mol. The van der Waals surface area contributed by atoms with E-state index in [4.69, 9.17) is 23.1 Å². The van der Waals surface area contributed by atoms with Gasteiger partial charge in [-0.25, -0.2) is 0 Å². The molecule has 27 heavy (non-hydrogen) atoms. The molecule has 0 saturated carbocycles. The largest absolute Gasteiger partial charge is 0.350 e. The third-order valence-corrected chi connectivity index (χ3v) is 5.66. The molecule has 1 aromatic rings. The fraction of sp³-hybridized carbons (Fsp3) is 0.600. The molecule has 2 atom stereocenters. The van der Waals surface area contributed by atoms with E-state index in [0.29, 0.717) is 31.1 Å². The predicted molar refractivity (Wildman–Crippen MR) is 108 cm³/mol. The fourth-order valence-corrected chi connectivity index (χ4v) is 3.61. The molecule has 1 aliphatic rings. The van der Waals surface area contributed by atoms with Crippen molar-refractivity contribution in [2.24, 2.45) is 16.9 Å². The Bertz CT molecular complexity index is 716. The van der Waals surface area contributed by atoms with Gasteiger partial charge in [0.05, 0.1) is 6.04 Å². The summed E-state index contributed by atoms with van der Waals surface area (Å²) < 4.78 is 0. The number of nitrogens with zero attached hydrogens (tertiary/aromatic N) is 1. The van der Waals surface area contributed by atoms with E-state index < -0.39 is 11.6 Å². The summed E-state index contributed by atoms with van der Waals surface area (Å²) in [4.78, 5) is 27.6. The summed E-state index contributed by atoms with van der Waals surface area (Å²) in [6.07, 6.45) is 1.39. The minimum Gasteiger partial charge on any atom is -0.350 e. The number of halogens is 1.